The lowest BCUT2D eigenvalue weighted by Gasteiger charge is -2.32. The molecule has 3 atom stereocenters. The highest BCUT2D eigenvalue weighted by Crippen LogP contribution is 2.45. The molecule has 0 spiro atoms. The molecule has 142 valence electrons. The summed E-state index contributed by atoms with van der Waals surface area (Å²) < 4.78 is 0. The van der Waals surface area contributed by atoms with Crippen LogP contribution in [0.5, 0.6) is 5.75 Å². The number of fused-ring (bicyclic) bond motifs is 3. The average molecular weight is 368 g/mol. The number of allylic oxidation sites excluding steroid dienone is 4. The summed E-state index contributed by atoms with van der Waals surface area (Å²) in [6.45, 7) is 5.74. The van der Waals surface area contributed by atoms with Crippen molar-refractivity contribution in [2.75, 3.05) is 0 Å². The molecule has 0 radical (unpaired) electrons. The predicted molar refractivity (Wildman–Crippen MR) is 101 cm³/mol. The van der Waals surface area contributed by atoms with Gasteiger partial charge < -0.3 is 10.2 Å². The Morgan fingerprint density at radius 2 is 1.96 bits per heavy atom. The molecule has 1 aromatic rings. The molecule has 2 aliphatic rings. The Labute approximate surface area is 158 Å². The van der Waals surface area contributed by atoms with Crippen LogP contribution in [-0.2, 0) is 4.79 Å². The maximum atomic E-state index is 12.8. The van der Waals surface area contributed by atoms with Crippen molar-refractivity contribution >= 4 is 17.3 Å². The number of hydrogen-bond donors (Lipinski definition) is 2. The van der Waals surface area contributed by atoms with Gasteiger partial charge in [0.25, 0.3) is 0 Å². The van der Waals surface area contributed by atoms with Gasteiger partial charge in [-0.25, -0.2) is 0 Å². The Kier molecular flexibility index (Phi) is 5.05. The molecular formula is C22H24O5. The van der Waals surface area contributed by atoms with Gasteiger partial charge >= 0.3 is 0 Å². The molecule has 1 aromatic carbocycles. The van der Waals surface area contributed by atoms with Crippen molar-refractivity contribution in [1.29, 1.82) is 0 Å². The fourth-order valence-corrected chi connectivity index (χ4v) is 3.81. The molecule has 3 unspecified atom stereocenters. The molecule has 0 fully saturated rings. The number of carbonyl (C=O) groups excluding carboxylic acids is 3. The number of aliphatic hydroxyl groups excluding tert-OH is 1. The molecule has 2 aliphatic carbocycles. The SMILES string of the molecule is CCC(C)CCC(=O)c1cc2c(c(O)c1C)C(=O)C(=O)C1C(O)=CC=CC21. The van der Waals surface area contributed by atoms with Crippen molar-refractivity contribution in [2.45, 2.75) is 46.0 Å². The number of ketones is 3. The molecule has 5 nitrogen and oxygen atoms in total. The second-order valence-corrected chi connectivity index (χ2v) is 7.51. The Balaban J connectivity index is 2.09. The summed E-state index contributed by atoms with van der Waals surface area (Å²) in [6.07, 6.45) is 6.82. The summed E-state index contributed by atoms with van der Waals surface area (Å²) >= 11 is 0. The molecule has 5 heteroatoms. The van der Waals surface area contributed by atoms with Gasteiger partial charge in [0, 0.05) is 23.5 Å². The number of carbonyl (C=O) groups is 3. The zero-order chi connectivity index (χ0) is 19.9. The predicted octanol–water partition coefficient (Wildman–Crippen LogP) is 4.19. The lowest BCUT2D eigenvalue weighted by Crippen LogP contribution is -2.37. The molecular weight excluding hydrogens is 344 g/mol. The molecule has 0 saturated carbocycles. The van der Waals surface area contributed by atoms with E-state index in [1.54, 1.807) is 25.1 Å². The summed E-state index contributed by atoms with van der Waals surface area (Å²) in [7, 11) is 0. The first-order chi connectivity index (χ1) is 12.8. The van der Waals surface area contributed by atoms with E-state index in [2.05, 4.69) is 13.8 Å². The van der Waals surface area contributed by atoms with Gasteiger partial charge in [-0.1, -0.05) is 32.4 Å². The number of aromatic hydroxyl groups is 1. The topological polar surface area (TPSA) is 91.7 Å². The van der Waals surface area contributed by atoms with E-state index in [1.807, 2.05) is 0 Å². The number of rotatable bonds is 5. The molecule has 27 heavy (non-hydrogen) atoms. The van der Waals surface area contributed by atoms with Gasteiger partial charge in [0.15, 0.2) is 5.78 Å². The van der Waals surface area contributed by atoms with Crippen LogP contribution in [0.15, 0.2) is 30.1 Å². The minimum atomic E-state index is -0.986. The Bertz CT molecular complexity index is 890. The number of aliphatic hydroxyl groups is 1. The fourth-order valence-electron chi connectivity index (χ4n) is 3.81. The lowest BCUT2D eigenvalue weighted by molar-refractivity contribution is -0.119. The largest absolute Gasteiger partial charge is 0.512 e. The number of phenols is 1. The maximum Gasteiger partial charge on any atom is 0.233 e. The number of Topliss-reactive ketones (excluding diaryl/α,β-unsaturated/α-hetero) is 3. The molecule has 2 N–H and O–H groups in total. The van der Waals surface area contributed by atoms with Crippen molar-refractivity contribution in [1.82, 2.24) is 0 Å². The summed E-state index contributed by atoms with van der Waals surface area (Å²) in [5, 5.41) is 20.7. The van der Waals surface area contributed by atoms with Crippen LogP contribution in [0.1, 0.15) is 70.9 Å². The van der Waals surface area contributed by atoms with E-state index in [-0.39, 0.29) is 22.9 Å². The van der Waals surface area contributed by atoms with Crippen molar-refractivity contribution in [3.8, 4) is 5.75 Å². The van der Waals surface area contributed by atoms with Gasteiger partial charge in [0.05, 0.1) is 11.5 Å². The second kappa shape index (κ2) is 7.14. The molecule has 0 aliphatic heterocycles. The zero-order valence-corrected chi connectivity index (χ0v) is 15.8. The minimum absolute atomic E-state index is 0.0448. The first kappa shape index (κ1) is 19.1. The van der Waals surface area contributed by atoms with Crippen molar-refractivity contribution in [2.24, 2.45) is 11.8 Å². The quantitative estimate of drug-likeness (QED) is 0.601. The molecule has 3 rings (SSSR count). The van der Waals surface area contributed by atoms with Crippen molar-refractivity contribution in [3.63, 3.8) is 0 Å². The van der Waals surface area contributed by atoms with Gasteiger partial charge in [-0.3, -0.25) is 14.4 Å². The monoisotopic (exact) mass is 368 g/mol. The molecule has 0 amide bonds. The number of benzene rings is 1. The van der Waals surface area contributed by atoms with Crippen molar-refractivity contribution in [3.05, 3.63) is 52.3 Å². The second-order valence-electron chi connectivity index (χ2n) is 7.51. The van der Waals surface area contributed by atoms with Crippen LogP contribution < -0.4 is 0 Å². The van der Waals surface area contributed by atoms with E-state index in [4.69, 9.17) is 0 Å². The van der Waals surface area contributed by atoms with Gasteiger partial charge in [0.1, 0.15) is 11.5 Å². The molecule has 0 heterocycles. The van der Waals surface area contributed by atoms with Crippen LogP contribution in [0.25, 0.3) is 0 Å². The highest BCUT2D eigenvalue weighted by Gasteiger charge is 2.45. The molecule has 0 aromatic heterocycles. The van der Waals surface area contributed by atoms with Gasteiger partial charge in [0.2, 0.25) is 11.6 Å². The van der Waals surface area contributed by atoms with E-state index < -0.39 is 23.4 Å². The van der Waals surface area contributed by atoms with E-state index in [9.17, 15) is 24.6 Å². The minimum Gasteiger partial charge on any atom is -0.512 e. The first-order valence-electron chi connectivity index (χ1n) is 9.33. The summed E-state index contributed by atoms with van der Waals surface area (Å²) in [5.41, 5.74) is 1.08. The summed E-state index contributed by atoms with van der Waals surface area (Å²) in [6, 6.07) is 1.62. The van der Waals surface area contributed by atoms with Crippen LogP contribution in [0.2, 0.25) is 0 Å². The standard InChI is InChI=1S/C22H24O5/c1-4-11(2)8-9-16(23)14-10-15-13-6-5-7-17(24)18(13)21(26)22(27)19(15)20(25)12(14)3/h5-7,10-11,13,18,24-25H,4,8-9H2,1-3H3. The summed E-state index contributed by atoms with van der Waals surface area (Å²) in [4.78, 5) is 37.8. The smallest absolute Gasteiger partial charge is 0.233 e. The van der Waals surface area contributed by atoms with Gasteiger partial charge in [-0.05, 0) is 37.0 Å². The van der Waals surface area contributed by atoms with E-state index >= 15 is 0 Å². The Hall–Kier alpha value is -2.69. The maximum absolute atomic E-state index is 12.8. The molecule has 0 bridgehead atoms. The number of phenolic OH excluding ortho intramolecular Hbond substituents is 1. The highest BCUT2D eigenvalue weighted by atomic mass is 16.3. The highest BCUT2D eigenvalue weighted by molar-refractivity contribution is 6.47. The zero-order valence-electron chi connectivity index (χ0n) is 15.8. The van der Waals surface area contributed by atoms with Crippen LogP contribution in [0.3, 0.4) is 0 Å². The third-order valence-electron chi connectivity index (χ3n) is 5.80. The van der Waals surface area contributed by atoms with Crippen LogP contribution >= 0.6 is 0 Å². The van der Waals surface area contributed by atoms with Crippen molar-refractivity contribution < 1.29 is 24.6 Å². The third kappa shape index (κ3) is 3.11. The summed E-state index contributed by atoms with van der Waals surface area (Å²) in [5.74, 6) is -3.26. The Morgan fingerprint density at radius 1 is 1.26 bits per heavy atom. The number of hydrogen-bond acceptors (Lipinski definition) is 5. The van der Waals surface area contributed by atoms with Gasteiger partial charge in [-0.2, -0.15) is 0 Å². The third-order valence-corrected chi connectivity index (χ3v) is 5.80. The lowest BCUT2D eigenvalue weighted by atomic mass is 9.69. The van der Waals surface area contributed by atoms with E-state index in [0.29, 0.717) is 29.0 Å². The van der Waals surface area contributed by atoms with Crippen LogP contribution in [0.4, 0.5) is 0 Å². The normalized spacial score (nSPS) is 22.1. The van der Waals surface area contributed by atoms with Crippen LogP contribution in [0, 0.1) is 18.8 Å². The van der Waals surface area contributed by atoms with Gasteiger partial charge in [-0.15, -0.1) is 0 Å². The fraction of sp³-hybridized carbons (Fsp3) is 0.409. The molecule has 0 saturated heterocycles. The average Bonchev–Trinajstić information content (AvgIpc) is 2.65. The van der Waals surface area contributed by atoms with E-state index in [0.717, 1.165) is 12.8 Å². The first-order valence-corrected chi connectivity index (χ1v) is 9.33. The van der Waals surface area contributed by atoms with Crippen LogP contribution in [-0.4, -0.2) is 27.6 Å². The van der Waals surface area contributed by atoms with E-state index in [1.165, 1.54) is 6.08 Å². The Morgan fingerprint density at radius 3 is 2.63 bits per heavy atom.